The van der Waals surface area contributed by atoms with Crippen LogP contribution in [0.5, 0.6) is 0 Å². The largest absolute Gasteiger partial charge is 0.341 e. The number of benzene rings is 1. The number of carbonyl (C=O) groups excluding carboxylic acids is 1. The van der Waals surface area contributed by atoms with Crippen molar-refractivity contribution in [2.24, 2.45) is 0 Å². The van der Waals surface area contributed by atoms with Gasteiger partial charge in [-0.05, 0) is 24.3 Å². The van der Waals surface area contributed by atoms with Crippen molar-refractivity contribution in [2.45, 2.75) is 0 Å². The summed E-state index contributed by atoms with van der Waals surface area (Å²) in [4.78, 5) is 28.9. The van der Waals surface area contributed by atoms with Gasteiger partial charge in [0.25, 0.3) is 5.91 Å². The number of hydrogen-bond donors (Lipinski definition) is 2. The van der Waals surface area contributed by atoms with E-state index in [1.165, 1.54) is 17.6 Å². The summed E-state index contributed by atoms with van der Waals surface area (Å²) < 4.78 is 24.8. The van der Waals surface area contributed by atoms with Crippen LogP contribution in [0.15, 0.2) is 36.9 Å². The summed E-state index contributed by atoms with van der Waals surface area (Å²) in [5.74, 6) is -0.338. The van der Waals surface area contributed by atoms with E-state index >= 15 is 0 Å². The van der Waals surface area contributed by atoms with Crippen LogP contribution in [0.4, 0.5) is 11.4 Å². The van der Waals surface area contributed by atoms with Gasteiger partial charge in [-0.3, -0.25) is 9.52 Å². The predicted octanol–water partition coefficient (Wildman–Crippen LogP) is 1.00. The van der Waals surface area contributed by atoms with Gasteiger partial charge in [-0.1, -0.05) is 0 Å². The summed E-state index contributed by atoms with van der Waals surface area (Å²) >= 11 is 0. The number of carbonyl (C=O) groups is 1. The fourth-order valence-corrected chi connectivity index (χ4v) is 2.73. The molecule has 0 saturated carbocycles. The van der Waals surface area contributed by atoms with Gasteiger partial charge in [0, 0.05) is 18.4 Å². The first-order valence-electron chi connectivity index (χ1n) is 6.85. The Labute approximate surface area is 137 Å². The Balaban J connectivity index is 1.87. The minimum absolute atomic E-state index is 0.207. The smallest absolute Gasteiger partial charge is 0.278 e. The maximum absolute atomic E-state index is 12.6. The molecule has 10 heteroatoms. The molecular formula is C14H14N6O3S. The molecule has 124 valence electrons. The van der Waals surface area contributed by atoms with Gasteiger partial charge in [0.05, 0.1) is 12.6 Å². The second-order valence-electron chi connectivity index (χ2n) is 5.11. The van der Waals surface area contributed by atoms with Gasteiger partial charge >= 0.3 is 0 Å². The summed E-state index contributed by atoms with van der Waals surface area (Å²) in [7, 11) is -1.74. The number of fused-ring (bicyclic) bond motifs is 1. The maximum atomic E-state index is 12.6. The zero-order valence-corrected chi connectivity index (χ0v) is 13.7. The van der Waals surface area contributed by atoms with Gasteiger partial charge in [0.1, 0.15) is 11.8 Å². The van der Waals surface area contributed by atoms with E-state index in [0.29, 0.717) is 22.5 Å². The second kappa shape index (κ2) is 5.89. The fraction of sp³-hybridized carbons (Fsp3) is 0.143. The number of imidazole rings is 1. The third-order valence-electron chi connectivity index (χ3n) is 3.29. The fourth-order valence-electron chi connectivity index (χ4n) is 2.17. The summed E-state index contributed by atoms with van der Waals surface area (Å²) in [6.07, 6.45) is 3.80. The third kappa shape index (κ3) is 3.18. The van der Waals surface area contributed by atoms with Gasteiger partial charge in [-0.15, -0.1) is 0 Å². The first kappa shape index (κ1) is 15.9. The number of amides is 1. The molecule has 1 amide bonds. The Hall–Kier alpha value is -3.01. The second-order valence-corrected chi connectivity index (χ2v) is 6.86. The van der Waals surface area contributed by atoms with Crippen LogP contribution < -0.4 is 9.62 Å². The average Bonchev–Trinajstić information content (AvgIpc) is 3.01. The molecule has 2 aromatic heterocycles. The van der Waals surface area contributed by atoms with Crippen LogP contribution in [0.25, 0.3) is 11.2 Å². The van der Waals surface area contributed by atoms with E-state index in [1.807, 2.05) is 0 Å². The Bertz CT molecular complexity index is 997. The molecule has 0 aliphatic rings. The number of nitrogens with one attached hydrogen (secondary N) is 2. The lowest BCUT2D eigenvalue weighted by Gasteiger charge is -2.17. The Kier molecular flexibility index (Phi) is 3.89. The van der Waals surface area contributed by atoms with E-state index in [9.17, 15) is 13.2 Å². The minimum atomic E-state index is -3.35. The number of hydrogen-bond acceptors (Lipinski definition) is 6. The topological polar surface area (TPSA) is 121 Å². The van der Waals surface area contributed by atoms with Gasteiger partial charge in [-0.2, -0.15) is 0 Å². The van der Waals surface area contributed by atoms with Crippen LogP contribution in [0.3, 0.4) is 0 Å². The SMILES string of the molecule is CN(C(=O)c1ncnc2nc[nH]c12)c1ccc(NS(C)(=O)=O)cc1. The van der Waals surface area contributed by atoms with Crippen LogP contribution in [-0.2, 0) is 10.0 Å². The van der Waals surface area contributed by atoms with Gasteiger partial charge in [0.2, 0.25) is 10.0 Å². The number of sulfonamides is 1. The minimum Gasteiger partial charge on any atom is -0.341 e. The molecule has 3 aromatic rings. The van der Waals surface area contributed by atoms with Crippen LogP contribution >= 0.6 is 0 Å². The Morgan fingerprint density at radius 3 is 2.54 bits per heavy atom. The Morgan fingerprint density at radius 2 is 1.88 bits per heavy atom. The number of aromatic nitrogens is 4. The molecule has 0 bridgehead atoms. The van der Waals surface area contributed by atoms with Crippen LogP contribution in [0, 0.1) is 0 Å². The number of anilines is 2. The van der Waals surface area contributed by atoms with Crippen molar-refractivity contribution >= 4 is 38.5 Å². The lowest BCUT2D eigenvalue weighted by atomic mass is 10.2. The van der Waals surface area contributed by atoms with Crippen molar-refractivity contribution < 1.29 is 13.2 Å². The van der Waals surface area contributed by atoms with E-state index in [4.69, 9.17) is 0 Å². The highest BCUT2D eigenvalue weighted by molar-refractivity contribution is 7.92. The molecule has 1 aromatic carbocycles. The quantitative estimate of drug-likeness (QED) is 0.727. The molecule has 0 aliphatic heterocycles. The maximum Gasteiger partial charge on any atom is 0.278 e. The molecule has 2 N–H and O–H groups in total. The van der Waals surface area contributed by atoms with Crippen molar-refractivity contribution in [1.82, 2.24) is 19.9 Å². The molecule has 0 fully saturated rings. The molecule has 24 heavy (non-hydrogen) atoms. The molecule has 0 aliphatic carbocycles. The summed E-state index contributed by atoms with van der Waals surface area (Å²) in [6, 6.07) is 6.42. The monoisotopic (exact) mass is 346 g/mol. The van der Waals surface area contributed by atoms with E-state index in [-0.39, 0.29) is 11.6 Å². The summed E-state index contributed by atoms with van der Waals surface area (Å²) in [5.41, 5.74) is 2.09. The van der Waals surface area contributed by atoms with Crippen molar-refractivity contribution in [2.75, 3.05) is 22.9 Å². The standard InChI is InChI=1S/C14H14N6O3S/c1-20(10-5-3-9(4-6-10)19-24(2,22)23)14(21)12-11-13(17-7-15-11)18-8-16-12/h3-8,19H,1-2H3,(H,15,16,17,18). The van der Waals surface area contributed by atoms with E-state index in [1.54, 1.807) is 31.3 Å². The first-order chi connectivity index (χ1) is 11.3. The van der Waals surface area contributed by atoms with Crippen molar-refractivity contribution in [3.63, 3.8) is 0 Å². The van der Waals surface area contributed by atoms with Crippen molar-refractivity contribution in [3.8, 4) is 0 Å². The molecule has 9 nitrogen and oxygen atoms in total. The van der Waals surface area contributed by atoms with Crippen molar-refractivity contribution in [3.05, 3.63) is 42.6 Å². The molecule has 2 heterocycles. The number of rotatable bonds is 4. The van der Waals surface area contributed by atoms with Gasteiger partial charge < -0.3 is 9.88 Å². The normalized spacial score (nSPS) is 11.4. The molecular weight excluding hydrogens is 332 g/mol. The molecule has 0 spiro atoms. The number of aromatic amines is 1. The third-order valence-corrected chi connectivity index (χ3v) is 3.89. The lowest BCUT2D eigenvalue weighted by Crippen LogP contribution is -2.27. The lowest BCUT2D eigenvalue weighted by molar-refractivity contribution is 0.0989. The molecule has 0 radical (unpaired) electrons. The average molecular weight is 346 g/mol. The summed E-state index contributed by atoms with van der Waals surface area (Å²) in [5, 5.41) is 0. The van der Waals surface area contributed by atoms with Crippen LogP contribution in [0.1, 0.15) is 10.5 Å². The van der Waals surface area contributed by atoms with E-state index in [2.05, 4.69) is 24.7 Å². The Morgan fingerprint density at radius 1 is 1.17 bits per heavy atom. The van der Waals surface area contributed by atoms with Crippen LogP contribution in [-0.4, -0.2) is 47.6 Å². The van der Waals surface area contributed by atoms with Crippen LogP contribution in [0.2, 0.25) is 0 Å². The zero-order chi connectivity index (χ0) is 17.3. The van der Waals surface area contributed by atoms with Crippen molar-refractivity contribution in [1.29, 1.82) is 0 Å². The molecule has 0 unspecified atom stereocenters. The molecule has 0 saturated heterocycles. The highest BCUT2D eigenvalue weighted by atomic mass is 32.2. The highest BCUT2D eigenvalue weighted by Crippen LogP contribution is 2.20. The van der Waals surface area contributed by atoms with Gasteiger partial charge in [0.15, 0.2) is 11.3 Å². The van der Waals surface area contributed by atoms with Gasteiger partial charge in [-0.25, -0.2) is 23.4 Å². The number of nitrogens with zero attached hydrogens (tertiary/aromatic N) is 4. The van der Waals surface area contributed by atoms with E-state index < -0.39 is 10.0 Å². The molecule has 3 rings (SSSR count). The number of H-pyrrole nitrogens is 1. The zero-order valence-electron chi connectivity index (χ0n) is 12.9. The first-order valence-corrected chi connectivity index (χ1v) is 8.74. The molecule has 0 atom stereocenters. The predicted molar refractivity (Wildman–Crippen MR) is 89.3 cm³/mol. The van der Waals surface area contributed by atoms with E-state index in [0.717, 1.165) is 6.26 Å². The summed E-state index contributed by atoms with van der Waals surface area (Å²) in [6.45, 7) is 0. The highest BCUT2D eigenvalue weighted by Gasteiger charge is 2.19.